The van der Waals surface area contributed by atoms with Gasteiger partial charge in [-0.15, -0.1) is 11.6 Å². The molecule has 0 aromatic heterocycles. The number of alkyl halides is 1. The zero-order chi connectivity index (χ0) is 12.7. The van der Waals surface area contributed by atoms with Gasteiger partial charge in [-0.2, -0.15) is 0 Å². The second kappa shape index (κ2) is 7.01. The minimum atomic E-state index is -0.197. The number of methoxy groups -OCH3 is 1. The van der Waals surface area contributed by atoms with Crippen LogP contribution in [-0.2, 0) is 4.79 Å². The van der Waals surface area contributed by atoms with E-state index in [1.807, 2.05) is 31.2 Å². The van der Waals surface area contributed by atoms with Crippen LogP contribution in [0.25, 0.3) is 0 Å². The van der Waals surface area contributed by atoms with E-state index in [-0.39, 0.29) is 17.9 Å². The third kappa shape index (κ3) is 4.95. The van der Waals surface area contributed by atoms with E-state index in [4.69, 9.17) is 21.1 Å². The van der Waals surface area contributed by atoms with Gasteiger partial charge in [0.15, 0.2) is 0 Å². The van der Waals surface area contributed by atoms with E-state index in [1.54, 1.807) is 7.11 Å². The first-order valence-corrected chi connectivity index (χ1v) is 5.82. The van der Waals surface area contributed by atoms with Crippen molar-refractivity contribution < 1.29 is 14.3 Å². The summed E-state index contributed by atoms with van der Waals surface area (Å²) in [6.07, 6.45) is -0.115. The summed E-state index contributed by atoms with van der Waals surface area (Å²) in [4.78, 5) is 10.9. The van der Waals surface area contributed by atoms with Crippen molar-refractivity contribution in [2.24, 2.45) is 0 Å². The average Bonchev–Trinajstić information content (AvgIpc) is 2.36. The van der Waals surface area contributed by atoms with E-state index in [2.05, 4.69) is 5.32 Å². The molecule has 4 nitrogen and oxygen atoms in total. The van der Waals surface area contributed by atoms with Gasteiger partial charge < -0.3 is 14.8 Å². The molecule has 0 aliphatic carbocycles. The van der Waals surface area contributed by atoms with Gasteiger partial charge in [0.25, 0.3) is 0 Å². The number of halogens is 1. The molecule has 0 heterocycles. The third-order valence-corrected chi connectivity index (χ3v) is 2.35. The van der Waals surface area contributed by atoms with Crippen LogP contribution in [0.1, 0.15) is 6.92 Å². The molecule has 1 aromatic carbocycles. The summed E-state index contributed by atoms with van der Waals surface area (Å²) < 4.78 is 10.6. The molecule has 0 fully saturated rings. The first-order valence-electron chi connectivity index (χ1n) is 5.29. The van der Waals surface area contributed by atoms with Gasteiger partial charge in [0, 0.05) is 0 Å². The molecule has 5 heteroatoms. The minimum Gasteiger partial charge on any atom is -0.497 e. The number of carbonyl (C=O) groups excluding carboxylic acids is 1. The van der Waals surface area contributed by atoms with Crippen molar-refractivity contribution in [1.82, 2.24) is 5.32 Å². The van der Waals surface area contributed by atoms with Crippen LogP contribution in [0, 0.1) is 0 Å². The van der Waals surface area contributed by atoms with Crippen LogP contribution in [-0.4, -0.2) is 31.5 Å². The summed E-state index contributed by atoms with van der Waals surface area (Å²) in [5.74, 6) is 1.28. The Morgan fingerprint density at radius 3 is 2.47 bits per heavy atom. The van der Waals surface area contributed by atoms with Crippen LogP contribution < -0.4 is 14.8 Å². The second-order valence-electron chi connectivity index (χ2n) is 3.54. The molecular weight excluding hydrogens is 242 g/mol. The van der Waals surface area contributed by atoms with E-state index < -0.39 is 0 Å². The Bertz CT molecular complexity index is 353. The Balaban J connectivity index is 2.39. The largest absolute Gasteiger partial charge is 0.497 e. The van der Waals surface area contributed by atoms with E-state index in [0.29, 0.717) is 6.54 Å². The Morgan fingerprint density at radius 1 is 1.35 bits per heavy atom. The topological polar surface area (TPSA) is 47.6 Å². The van der Waals surface area contributed by atoms with E-state index >= 15 is 0 Å². The number of benzene rings is 1. The highest BCUT2D eigenvalue weighted by molar-refractivity contribution is 6.27. The van der Waals surface area contributed by atoms with Crippen molar-refractivity contribution in [1.29, 1.82) is 0 Å². The molecule has 0 bridgehead atoms. The summed E-state index contributed by atoms with van der Waals surface area (Å²) in [6.45, 7) is 2.30. The fraction of sp³-hybridized carbons (Fsp3) is 0.417. The predicted molar refractivity (Wildman–Crippen MR) is 66.8 cm³/mol. The van der Waals surface area contributed by atoms with Crippen LogP contribution >= 0.6 is 11.6 Å². The zero-order valence-electron chi connectivity index (χ0n) is 9.90. The summed E-state index contributed by atoms with van der Waals surface area (Å²) in [6, 6.07) is 7.27. The smallest absolute Gasteiger partial charge is 0.235 e. The van der Waals surface area contributed by atoms with Crippen LogP contribution in [0.5, 0.6) is 11.5 Å². The molecule has 0 saturated heterocycles. The molecule has 1 N–H and O–H groups in total. The van der Waals surface area contributed by atoms with Crippen molar-refractivity contribution >= 4 is 17.5 Å². The summed E-state index contributed by atoms with van der Waals surface area (Å²) >= 11 is 5.36. The number of rotatable bonds is 6. The number of carbonyl (C=O) groups is 1. The summed E-state index contributed by atoms with van der Waals surface area (Å²) in [7, 11) is 1.61. The highest BCUT2D eigenvalue weighted by Crippen LogP contribution is 2.17. The van der Waals surface area contributed by atoms with Gasteiger partial charge in [-0.1, -0.05) is 0 Å². The molecule has 1 aromatic rings. The van der Waals surface area contributed by atoms with Gasteiger partial charge in [0.05, 0.1) is 13.7 Å². The van der Waals surface area contributed by atoms with Gasteiger partial charge in [-0.25, -0.2) is 0 Å². The minimum absolute atomic E-state index is 0.0325. The third-order valence-electron chi connectivity index (χ3n) is 2.10. The molecule has 1 amide bonds. The van der Waals surface area contributed by atoms with Crippen molar-refractivity contribution in [3.05, 3.63) is 24.3 Å². The van der Waals surface area contributed by atoms with Gasteiger partial charge in [0.1, 0.15) is 23.5 Å². The molecule has 1 unspecified atom stereocenters. The SMILES string of the molecule is COc1ccc(OC(C)CNC(=O)CCl)cc1. The van der Waals surface area contributed by atoms with Crippen LogP contribution in [0.4, 0.5) is 0 Å². The standard InChI is InChI=1S/C12H16ClNO3/c1-9(8-14-12(15)7-13)17-11-5-3-10(16-2)4-6-11/h3-6,9H,7-8H2,1-2H3,(H,14,15). The van der Waals surface area contributed by atoms with Gasteiger partial charge in [-0.05, 0) is 31.2 Å². The predicted octanol–water partition coefficient (Wildman–Crippen LogP) is 1.82. The molecule has 0 aliphatic rings. The molecule has 0 radical (unpaired) electrons. The number of ether oxygens (including phenoxy) is 2. The zero-order valence-corrected chi connectivity index (χ0v) is 10.7. The Morgan fingerprint density at radius 2 is 1.94 bits per heavy atom. The van der Waals surface area contributed by atoms with Crippen molar-refractivity contribution in [2.75, 3.05) is 19.5 Å². The van der Waals surface area contributed by atoms with Gasteiger partial charge in [0.2, 0.25) is 5.91 Å². The average molecular weight is 258 g/mol. The Labute approximate surface area is 106 Å². The summed E-state index contributed by atoms with van der Waals surface area (Å²) in [5, 5.41) is 2.65. The maximum absolute atomic E-state index is 10.9. The molecule has 94 valence electrons. The Hall–Kier alpha value is -1.42. The number of hydrogen-bond acceptors (Lipinski definition) is 3. The van der Waals surface area contributed by atoms with Crippen molar-refractivity contribution in [2.45, 2.75) is 13.0 Å². The lowest BCUT2D eigenvalue weighted by atomic mass is 10.3. The second-order valence-corrected chi connectivity index (χ2v) is 3.81. The van der Waals surface area contributed by atoms with E-state index in [9.17, 15) is 4.79 Å². The molecule has 0 saturated carbocycles. The fourth-order valence-corrected chi connectivity index (χ4v) is 1.33. The van der Waals surface area contributed by atoms with E-state index in [1.165, 1.54) is 0 Å². The van der Waals surface area contributed by atoms with Crippen LogP contribution in [0.2, 0.25) is 0 Å². The van der Waals surface area contributed by atoms with E-state index in [0.717, 1.165) is 11.5 Å². The Kier molecular flexibility index (Phi) is 5.63. The first kappa shape index (κ1) is 13.6. The van der Waals surface area contributed by atoms with Gasteiger partial charge >= 0.3 is 0 Å². The fourth-order valence-electron chi connectivity index (χ4n) is 1.23. The number of nitrogens with one attached hydrogen (secondary N) is 1. The highest BCUT2D eigenvalue weighted by Gasteiger charge is 2.06. The molecular formula is C12H16ClNO3. The molecule has 17 heavy (non-hydrogen) atoms. The highest BCUT2D eigenvalue weighted by atomic mass is 35.5. The molecule has 1 atom stereocenters. The maximum atomic E-state index is 10.9. The molecule has 0 aliphatic heterocycles. The summed E-state index contributed by atoms with van der Waals surface area (Å²) in [5.41, 5.74) is 0. The number of hydrogen-bond donors (Lipinski definition) is 1. The monoisotopic (exact) mass is 257 g/mol. The van der Waals surface area contributed by atoms with Crippen molar-refractivity contribution in [3.63, 3.8) is 0 Å². The first-order chi connectivity index (χ1) is 8.15. The lowest BCUT2D eigenvalue weighted by molar-refractivity contribution is -0.119. The molecule has 1 rings (SSSR count). The normalized spacial score (nSPS) is 11.7. The lowest BCUT2D eigenvalue weighted by Crippen LogP contribution is -2.34. The van der Waals surface area contributed by atoms with Crippen LogP contribution in [0.3, 0.4) is 0 Å². The maximum Gasteiger partial charge on any atom is 0.235 e. The van der Waals surface area contributed by atoms with Gasteiger partial charge in [-0.3, -0.25) is 4.79 Å². The quantitative estimate of drug-likeness (QED) is 0.791. The molecule has 0 spiro atoms. The lowest BCUT2D eigenvalue weighted by Gasteiger charge is -2.15. The van der Waals surface area contributed by atoms with Crippen molar-refractivity contribution in [3.8, 4) is 11.5 Å². The van der Waals surface area contributed by atoms with Crippen LogP contribution in [0.15, 0.2) is 24.3 Å². The number of amides is 1.